The summed E-state index contributed by atoms with van der Waals surface area (Å²) in [4.78, 5) is 18.9. The topological polar surface area (TPSA) is 81.0 Å². The van der Waals surface area contributed by atoms with Crippen molar-refractivity contribution in [3.63, 3.8) is 0 Å². The van der Waals surface area contributed by atoms with Crippen molar-refractivity contribution in [2.45, 2.75) is 4.90 Å². The normalized spacial score (nSPS) is 10.2. The fourth-order valence-corrected chi connectivity index (χ4v) is 2.11. The molecule has 19 heavy (non-hydrogen) atoms. The minimum Gasteiger partial charge on any atom is -0.294 e. The van der Waals surface area contributed by atoms with E-state index in [2.05, 4.69) is 30.6 Å². The van der Waals surface area contributed by atoms with E-state index in [-0.39, 0.29) is 10.8 Å². The van der Waals surface area contributed by atoms with Crippen molar-refractivity contribution < 1.29 is 4.92 Å². The molecule has 1 heterocycles. The summed E-state index contributed by atoms with van der Waals surface area (Å²) in [5.74, 6) is 0.324. The summed E-state index contributed by atoms with van der Waals surface area (Å²) in [6, 6.07) is 6.23. The van der Waals surface area contributed by atoms with Gasteiger partial charge in [0.25, 0.3) is 5.69 Å². The van der Waals surface area contributed by atoms with Gasteiger partial charge in [0, 0.05) is 23.2 Å². The van der Waals surface area contributed by atoms with Crippen LogP contribution in [-0.4, -0.2) is 14.9 Å². The molecule has 0 saturated carbocycles. The number of hydrogen-bond acceptors (Lipinski definition) is 6. The summed E-state index contributed by atoms with van der Waals surface area (Å²) >= 11 is 10.2. The van der Waals surface area contributed by atoms with Crippen LogP contribution in [0.2, 0.25) is 5.15 Å². The Bertz CT molecular complexity index is 628. The Morgan fingerprint density at radius 2 is 2.26 bits per heavy atom. The number of nitrogens with zero attached hydrogens (tertiary/aromatic N) is 3. The SMILES string of the molecule is O=[N+]([O-])c1cccc(SNc2ncc(Br)c(Cl)n2)c1. The van der Waals surface area contributed by atoms with Crippen LogP contribution in [0.15, 0.2) is 39.8 Å². The van der Waals surface area contributed by atoms with Gasteiger partial charge in [0.1, 0.15) is 5.15 Å². The smallest absolute Gasteiger partial charge is 0.270 e. The number of anilines is 1. The van der Waals surface area contributed by atoms with Crippen molar-refractivity contribution in [1.29, 1.82) is 0 Å². The quantitative estimate of drug-likeness (QED) is 0.385. The number of nitro groups is 1. The van der Waals surface area contributed by atoms with E-state index in [1.807, 2.05) is 0 Å². The fourth-order valence-electron chi connectivity index (χ4n) is 1.16. The predicted octanol–water partition coefficient (Wildman–Crippen LogP) is 3.92. The lowest BCUT2D eigenvalue weighted by atomic mass is 10.3. The molecule has 0 radical (unpaired) electrons. The molecule has 0 amide bonds. The Morgan fingerprint density at radius 1 is 1.47 bits per heavy atom. The molecule has 2 rings (SSSR count). The van der Waals surface area contributed by atoms with Gasteiger partial charge in [-0.25, -0.2) is 4.98 Å². The fraction of sp³-hybridized carbons (Fsp3) is 0. The van der Waals surface area contributed by atoms with E-state index in [4.69, 9.17) is 11.6 Å². The lowest BCUT2D eigenvalue weighted by molar-refractivity contribution is -0.385. The van der Waals surface area contributed by atoms with Gasteiger partial charge in [-0.3, -0.25) is 14.8 Å². The number of nitrogens with one attached hydrogen (secondary N) is 1. The zero-order valence-electron chi connectivity index (χ0n) is 9.21. The summed E-state index contributed by atoms with van der Waals surface area (Å²) < 4.78 is 3.46. The van der Waals surface area contributed by atoms with Gasteiger partial charge >= 0.3 is 0 Å². The number of hydrogen-bond donors (Lipinski definition) is 1. The molecule has 2 aromatic rings. The molecule has 0 aliphatic heterocycles. The first kappa shape index (κ1) is 14.0. The van der Waals surface area contributed by atoms with Crippen LogP contribution in [0.3, 0.4) is 0 Å². The molecule has 0 aliphatic rings. The minimum absolute atomic E-state index is 0.0292. The summed E-state index contributed by atoms with van der Waals surface area (Å²) in [6.45, 7) is 0. The highest BCUT2D eigenvalue weighted by Gasteiger charge is 2.07. The molecular formula is C10H6BrClN4O2S. The number of rotatable bonds is 4. The third-order valence-electron chi connectivity index (χ3n) is 1.99. The minimum atomic E-state index is -0.447. The largest absolute Gasteiger partial charge is 0.294 e. The molecule has 0 bridgehead atoms. The average Bonchev–Trinajstić information content (AvgIpc) is 2.40. The molecular weight excluding hydrogens is 356 g/mol. The van der Waals surface area contributed by atoms with Crippen LogP contribution >= 0.6 is 39.5 Å². The van der Waals surface area contributed by atoms with E-state index < -0.39 is 4.92 Å². The second-order valence-electron chi connectivity index (χ2n) is 3.29. The first-order chi connectivity index (χ1) is 9.06. The molecule has 0 unspecified atom stereocenters. The molecule has 0 atom stereocenters. The van der Waals surface area contributed by atoms with Gasteiger partial charge in [0.05, 0.1) is 9.40 Å². The molecule has 1 aromatic heterocycles. The highest BCUT2D eigenvalue weighted by molar-refractivity contribution is 9.10. The van der Waals surface area contributed by atoms with Gasteiger partial charge in [-0.15, -0.1) is 0 Å². The summed E-state index contributed by atoms with van der Waals surface area (Å²) in [5.41, 5.74) is 0.0292. The van der Waals surface area contributed by atoms with E-state index in [1.165, 1.54) is 30.3 Å². The maximum Gasteiger partial charge on any atom is 0.270 e. The van der Waals surface area contributed by atoms with E-state index >= 15 is 0 Å². The summed E-state index contributed by atoms with van der Waals surface area (Å²) in [7, 11) is 0. The first-order valence-electron chi connectivity index (χ1n) is 4.91. The van der Waals surface area contributed by atoms with Gasteiger partial charge in [-0.05, 0) is 33.9 Å². The maximum absolute atomic E-state index is 10.6. The van der Waals surface area contributed by atoms with E-state index in [0.717, 1.165) is 0 Å². The number of halogens is 2. The predicted molar refractivity (Wildman–Crippen MR) is 77.3 cm³/mol. The monoisotopic (exact) mass is 360 g/mol. The van der Waals surface area contributed by atoms with Crippen molar-refractivity contribution >= 4 is 51.1 Å². The van der Waals surface area contributed by atoms with E-state index in [9.17, 15) is 10.1 Å². The Balaban J connectivity index is 2.07. The third kappa shape index (κ3) is 3.79. The Kier molecular flexibility index (Phi) is 4.56. The second kappa shape index (κ2) is 6.18. The van der Waals surface area contributed by atoms with Crippen LogP contribution in [0.4, 0.5) is 11.6 Å². The molecule has 0 spiro atoms. The summed E-state index contributed by atoms with van der Waals surface area (Å²) in [5, 5.41) is 10.9. The van der Waals surface area contributed by atoms with Crippen molar-refractivity contribution in [1.82, 2.24) is 9.97 Å². The molecule has 1 N–H and O–H groups in total. The number of nitro benzene ring substituents is 1. The van der Waals surface area contributed by atoms with E-state index in [0.29, 0.717) is 15.3 Å². The summed E-state index contributed by atoms with van der Waals surface area (Å²) in [6.07, 6.45) is 1.52. The van der Waals surface area contributed by atoms with Crippen molar-refractivity contribution in [3.05, 3.63) is 50.2 Å². The second-order valence-corrected chi connectivity index (χ2v) is 5.38. The van der Waals surface area contributed by atoms with Crippen LogP contribution in [0.5, 0.6) is 0 Å². The maximum atomic E-state index is 10.6. The average molecular weight is 362 g/mol. The zero-order valence-corrected chi connectivity index (χ0v) is 12.4. The van der Waals surface area contributed by atoms with Crippen molar-refractivity contribution in [2.24, 2.45) is 0 Å². The van der Waals surface area contributed by atoms with Gasteiger partial charge in [0.15, 0.2) is 0 Å². The Morgan fingerprint density at radius 3 is 2.95 bits per heavy atom. The highest BCUT2D eigenvalue weighted by Crippen LogP contribution is 2.25. The van der Waals surface area contributed by atoms with Crippen LogP contribution < -0.4 is 4.72 Å². The Labute approximate surface area is 126 Å². The molecule has 6 nitrogen and oxygen atoms in total. The van der Waals surface area contributed by atoms with Gasteiger partial charge in [0.2, 0.25) is 5.95 Å². The number of benzene rings is 1. The van der Waals surface area contributed by atoms with Gasteiger partial charge in [-0.2, -0.15) is 4.98 Å². The molecule has 9 heteroatoms. The molecule has 98 valence electrons. The molecule has 0 fully saturated rings. The van der Waals surface area contributed by atoms with Gasteiger partial charge in [-0.1, -0.05) is 17.7 Å². The van der Waals surface area contributed by atoms with Crippen molar-refractivity contribution in [2.75, 3.05) is 4.72 Å². The molecule has 0 aliphatic carbocycles. The van der Waals surface area contributed by atoms with Gasteiger partial charge < -0.3 is 0 Å². The third-order valence-corrected chi connectivity index (χ3v) is 3.86. The highest BCUT2D eigenvalue weighted by atomic mass is 79.9. The standard InChI is InChI=1S/C10H6BrClN4O2S/c11-8-5-13-10(14-9(8)12)15-19-7-3-1-2-6(4-7)16(17)18/h1-5H,(H,13,14,15). The van der Waals surface area contributed by atoms with Crippen LogP contribution in [0.1, 0.15) is 0 Å². The lowest BCUT2D eigenvalue weighted by Gasteiger charge is -2.04. The Hall–Kier alpha value is -1.38. The number of non-ortho nitro benzene ring substituents is 1. The van der Waals surface area contributed by atoms with Crippen LogP contribution in [-0.2, 0) is 0 Å². The lowest BCUT2D eigenvalue weighted by Crippen LogP contribution is -1.95. The molecule has 0 saturated heterocycles. The zero-order chi connectivity index (χ0) is 13.8. The van der Waals surface area contributed by atoms with Crippen LogP contribution in [0, 0.1) is 10.1 Å². The molecule has 1 aromatic carbocycles. The van der Waals surface area contributed by atoms with Crippen molar-refractivity contribution in [3.8, 4) is 0 Å². The van der Waals surface area contributed by atoms with E-state index in [1.54, 1.807) is 12.1 Å². The number of aromatic nitrogens is 2. The first-order valence-corrected chi connectivity index (χ1v) is 6.90. The van der Waals surface area contributed by atoms with Crippen LogP contribution in [0.25, 0.3) is 0 Å².